The molecule has 0 amide bonds. The lowest BCUT2D eigenvalue weighted by molar-refractivity contribution is 0.173. The van der Waals surface area contributed by atoms with Crippen LogP contribution >= 0.6 is 0 Å². The van der Waals surface area contributed by atoms with E-state index in [9.17, 15) is 8.42 Å². The van der Waals surface area contributed by atoms with Crippen LogP contribution in [0.4, 0.5) is 0 Å². The van der Waals surface area contributed by atoms with Crippen molar-refractivity contribution in [1.29, 1.82) is 0 Å². The van der Waals surface area contributed by atoms with Gasteiger partial charge in [-0.2, -0.15) is 0 Å². The third-order valence-electron chi connectivity index (χ3n) is 2.44. The molecule has 0 saturated heterocycles. The quantitative estimate of drug-likeness (QED) is 0.730. The van der Waals surface area contributed by atoms with Gasteiger partial charge in [-0.1, -0.05) is 6.92 Å². The zero-order valence-corrected chi connectivity index (χ0v) is 11.7. The summed E-state index contributed by atoms with van der Waals surface area (Å²) < 4.78 is 36.8. The lowest BCUT2D eigenvalue weighted by Gasteiger charge is -2.14. The van der Waals surface area contributed by atoms with Gasteiger partial charge in [-0.15, -0.1) is 0 Å². The number of furan rings is 1. The van der Waals surface area contributed by atoms with Gasteiger partial charge in [0.2, 0.25) is 5.09 Å². The highest BCUT2D eigenvalue weighted by Crippen LogP contribution is 2.14. The summed E-state index contributed by atoms with van der Waals surface area (Å²) in [6.45, 7) is 2.71. The Bertz CT molecular complexity index is 455. The minimum absolute atomic E-state index is 0.0673. The Morgan fingerprint density at radius 3 is 2.72 bits per heavy atom. The first-order valence-corrected chi connectivity index (χ1v) is 7.26. The number of rotatable bonds is 8. The Labute approximate surface area is 108 Å². The molecule has 1 aromatic heterocycles. The fraction of sp³-hybridized carbons (Fsp3) is 0.636. The summed E-state index contributed by atoms with van der Waals surface area (Å²) in [5, 5.41) is 2.82. The second-order valence-electron chi connectivity index (χ2n) is 3.93. The topological polar surface area (TPSA) is 80.6 Å². The fourth-order valence-corrected chi connectivity index (χ4v) is 2.74. The van der Waals surface area contributed by atoms with Crippen molar-refractivity contribution in [3.05, 3.63) is 17.9 Å². The van der Waals surface area contributed by atoms with E-state index >= 15 is 0 Å². The third-order valence-corrected chi connectivity index (χ3v) is 3.83. The molecule has 0 bridgehead atoms. The van der Waals surface area contributed by atoms with Gasteiger partial charge >= 0.3 is 0 Å². The Balaban J connectivity index is 2.78. The Kier molecular flexibility index (Phi) is 5.80. The molecule has 0 radical (unpaired) electrons. The predicted molar refractivity (Wildman–Crippen MR) is 67.7 cm³/mol. The maximum absolute atomic E-state index is 12.0. The molecule has 0 aliphatic rings. The zero-order valence-electron chi connectivity index (χ0n) is 10.9. The minimum Gasteiger partial charge on any atom is -0.447 e. The summed E-state index contributed by atoms with van der Waals surface area (Å²) in [7, 11) is -0.315. The highest BCUT2D eigenvalue weighted by molar-refractivity contribution is 7.89. The molecule has 7 heteroatoms. The van der Waals surface area contributed by atoms with E-state index in [-0.39, 0.29) is 11.1 Å². The average molecular weight is 276 g/mol. The van der Waals surface area contributed by atoms with Crippen LogP contribution in [-0.4, -0.2) is 35.2 Å². The average Bonchev–Trinajstić information content (AvgIpc) is 2.78. The van der Waals surface area contributed by atoms with Gasteiger partial charge in [0, 0.05) is 13.2 Å². The highest BCUT2D eigenvalue weighted by atomic mass is 32.2. The number of ether oxygens (including phenoxy) is 1. The largest absolute Gasteiger partial charge is 0.447 e. The van der Waals surface area contributed by atoms with Crippen molar-refractivity contribution in [3.8, 4) is 0 Å². The molecule has 1 atom stereocenters. The van der Waals surface area contributed by atoms with Crippen LogP contribution in [0.2, 0.25) is 0 Å². The van der Waals surface area contributed by atoms with E-state index in [0.717, 1.165) is 0 Å². The smallest absolute Gasteiger partial charge is 0.274 e. The SMILES string of the molecule is CCC(COC)NS(=O)(=O)c1ccc(CNC)o1. The van der Waals surface area contributed by atoms with Crippen molar-refractivity contribution in [2.24, 2.45) is 0 Å². The Morgan fingerprint density at radius 2 is 2.17 bits per heavy atom. The highest BCUT2D eigenvalue weighted by Gasteiger charge is 2.22. The zero-order chi connectivity index (χ0) is 13.6. The first-order valence-electron chi connectivity index (χ1n) is 5.78. The second-order valence-corrected chi connectivity index (χ2v) is 5.58. The van der Waals surface area contributed by atoms with Gasteiger partial charge in [0.15, 0.2) is 0 Å². The molecular formula is C11H20N2O4S. The lowest BCUT2D eigenvalue weighted by Crippen LogP contribution is -2.37. The van der Waals surface area contributed by atoms with E-state index in [0.29, 0.717) is 25.3 Å². The Hall–Kier alpha value is -0.890. The number of hydrogen-bond acceptors (Lipinski definition) is 5. The van der Waals surface area contributed by atoms with Crippen LogP contribution in [0.15, 0.2) is 21.6 Å². The second kappa shape index (κ2) is 6.89. The number of nitrogens with one attached hydrogen (secondary N) is 2. The molecule has 2 N–H and O–H groups in total. The molecule has 0 aliphatic heterocycles. The van der Waals surface area contributed by atoms with Crippen LogP contribution in [0.1, 0.15) is 19.1 Å². The summed E-state index contributed by atoms with van der Waals surface area (Å²) in [6.07, 6.45) is 0.650. The molecule has 1 unspecified atom stereocenters. The molecule has 6 nitrogen and oxygen atoms in total. The molecule has 18 heavy (non-hydrogen) atoms. The monoisotopic (exact) mass is 276 g/mol. The van der Waals surface area contributed by atoms with Crippen molar-refractivity contribution in [2.45, 2.75) is 31.0 Å². The van der Waals surface area contributed by atoms with Crippen LogP contribution in [0.3, 0.4) is 0 Å². The normalized spacial score (nSPS) is 13.7. The van der Waals surface area contributed by atoms with Crippen LogP contribution < -0.4 is 10.0 Å². The van der Waals surface area contributed by atoms with Crippen LogP contribution in [0.25, 0.3) is 0 Å². The van der Waals surface area contributed by atoms with E-state index in [2.05, 4.69) is 10.0 Å². The van der Waals surface area contributed by atoms with Crippen molar-refractivity contribution in [3.63, 3.8) is 0 Å². The Morgan fingerprint density at radius 1 is 1.44 bits per heavy atom. The maximum Gasteiger partial charge on any atom is 0.274 e. The van der Waals surface area contributed by atoms with E-state index < -0.39 is 10.0 Å². The van der Waals surface area contributed by atoms with Gasteiger partial charge in [0.05, 0.1) is 13.2 Å². The van der Waals surface area contributed by atoms with Gasteiger partial charge in [-0.05, 0) is 25.6 Å². The molecule has 0 saturated carbocycles. The van der Waals surface area contributed by atoms with Crippen molar-refractivity contribution in [2.75, 3.05) is 20.8 Å². The van der Waals surface area contributed by atoms with Crippen molar-refractivity contribution in [1.82, 2.24) is 10.0 Å². The van der Waals surface area contributed by atoms with Gasteiger partial charge in [0.1, 0.15) is 5.76 Å². The molecule has 1 rings (SSSR count). The number of sulfonamides is 1. The van der Waals surface area contributed by atoms with E-state index in [1.54, 1.807) is 13.1 Å². The van der Waals surface area contributed by atoms with Gasteiger partial charge in [-0.25, -0.2) is 13.1 Å². The molecule has 0 aromatic carbocycles. The summed E-state index contributed by atoms with van der Waals surface area (Å²) in [5.74, 6) is 0.581. The van der Waals surface area contributed by atoms with Crippen LogP contribution in [0, 0.1) is 0 Å². The molecule has 1 aromatic rings. The molecule has 104 valence electrons. The van der Waals surface area contributed by atoms with E-state index in [1.807, 2.05) is 6.92 Å². The number of hydrogen-bond donors (Lipinski definition) is 2. The van der Waals surface area contributed by atoms with E-state index in [4.69, 9.17) is 9.15 Å². The summed E-state index contributed by atoms with van der Waals surface area (Å²) in [4.78, 5) is 0. The molecule has 0 fully saturated rings. The van der Waals surface area contributed by atoms with Gasteiger partial charge < -0.3 is 14.5 Å². The molecular weight excluding hydrogens is 256 g/mol. The molecule has 1 heterocycles. The third kappa shape index (κ3) is 4.09. The van der Waals surface area contributed by atoms with Crippen LogP contribution in [-0.2, 0) is 21.3 Å². The van der Waals surface area contributed by atoms with Crippen molar-refractivity contribution < 1.29 is 17.6 Å². The van der Waals surface area contributed by atoms with E-state index in [1.165, 1.54) is 13.2 Å². The summed E-state index contributed by atoms with van der Waals surface area (Å²) in [6, 6.07) is 2.84. The lowest BCUT2D eigenvalue weighted by atomic mass is 10.3. The maximum atomic E-state index is 12.0. The van der Waals surface area contributed by atoms with Gasteiger partial charge in [-0.3, -0.25) is 0 Å². The first kappa shape index (κ1) is 15.2. The van der Waals surface area contributed by atoms with Gasteiger partial charge in [0.25, 0.3) is 10.0 Å². The predicted octanol–water partition coefficient (Wildman–Crippen LogP) is 0.702. The fourth-order valence-electron chi connectivity index (χ4n) is 1.49. The minimum atomic E-state index is -3.62. The molecule has 0 spiro atoms. The standard InChI is InChI=1S/C11H20N2O4S/c1-4-9(8-16-3)13-18(14,15)11-6-5-10(17-11)7-12-2/h5-6,9,12-13H,4,7-8H2,1-3H3. The summed E-state index contributed by atoms with van der Waals surface area (Å²) >= 11 is 0. The summed E-state index contributed by atoms with van der Waals surface area (Å²) in [5.41, 5.74) is 0. The first-order chi connectivity index (χ1) is 8.53. The number of methoxy groups -OCH3 is 1. The van der Waals surface area contributed by atoms with Crippen LogP contribution in [0.5, 0.6) is 0 Å². The molecule has 0 aliphatic carbocycles. The van der Waals surface area contributed by atoms with Crippen molar-refractivity contribution >= 4 is 10.0 Å².